The molecule has 0 amide bonds. The summed E-state index contributed by atoms with van der Waals surface area (Å²) in [5.74, 6) is 0. The Bertz CT molecular complexity index is 1270. The molecule has 1 heterocycles. The van der Waals surface area contributed by atoms with E-state index in [0.29, 0.717) is 5.52 Å². The first-order valence-corrected chi connectivity index (χ1v) is 10.6. The summed E-state index contributed by atoms with van der Waals surface area (Å²) < 4.78 is 27.0. The van der Waals surface area contributed by atoms with E-state index in [1.165, 1.54) is 0 Å². The molecule has 158 valence electrons. The van der Waals surface area contributed by atoms with Crippen LogP contribution in [0.4, 0.5) is 5.69 Å². The number of fused-ring (bicyclic) bond motifs is 1. The van der Waals surface area contributed by atoms with Crippen LogP contribution in [0.3, 0.4) is 0 Å². The van der Waals surface area contributed by atoms with Gasteiger partial charge in [-0.05, 0) is 48.6 Å². The zero-order valence-electron chi connectivity index (χ0n) is 16.5. The van der Waals surface area contributed by atoms with E-state index in [9.17, 15) is 28.4 Å². The van der Waals surface area contributed by atoms with Crippen LogP contribution in [0.1, 0.15) is 16.7 Å². The Morgan fingerprint density at radius 1 is 1.13 bits per heavy atom. The van der Waals surface area contributed by atoms with E-state index in [1.807, 2.05) is 26.0 Å². The molecule has 0 aliphatic carbocycles. The number of nitrogens with one attached hydrogen (secondary N) is 1. The van der Waals surface area contributed by atoms with Crippen molar-refractivity contribution in [2.45, 2.75) is 25.3 Å². The van der Waals surface area contributed by atoms with Crippen LogP contribution in [-0.2, 0) is 16.6 Å². The van der Waals surface area contributed by atoms with E-state index in [4.69, 9.17) is 0 Å². The Morgan fingerprint density at radius 3 is 2.40 bits per heavy atom. The number of nitrogens with zero attached hydrogens (tertiary/aromatic N) is 2. The molecule has 0 saturated heterocycles. The maximum absolute atomic E-state index is 13.0. The quantitative estimate of drug-likeness (QED) is 0.435. The van der Waals surface area contributed by atoms with Crippen molar-refractivity contribution in [3.8, 4) is 0 Å². The molecule has 2 N–H and O–H groups in total. The summed E-state index contributed by atoms with van der Waals surface area (Å²) in [5, 5.41) is 20.9. The number of aromatic amines is 1. The van der Waals surface area contributed by atoms with E-state index in [0.717, 1.165) is 45.1 Å². The van der Waals surface area contributed by atoms with Crippen molar-refractivity contribution in [2.24, 2.45) is 0 Å². The van der Waals surface area contributed by atoms with Crippen molar-refractivity contribution in [3.63, 3.8) is 0 Å². The zero-order valence-corrected chi connectivity index (χ0v) is 17.3. The fourth-order valence-electron chi connectivity index (χ4n) is 3.16. The summed E-state index contributed by atoms with van der Waals surface area (Å²) in [4.78, 5) is 25.4. The number of aliphatic hydroxyl groups is 1. The molecule has 0 unspecified atom stereocenters. The number of pyridine rings is 1. The molecule has 0 fully saturated rings. The highest BCUT2D eigenvalue weighted by molar-refractivity contribution is 7.89. The van der Waals surface area contributed by atoms with Crippen molar-refractivity contribution in [3.05, 3.63) is 79.6 Å². The molecular weight excluding hydrogens is 410 g/mol. The van der Waals surface area contributed by atoms with Gasteiger partial charge in [0.05, 0.1) is 21.9 Å². The van der Waals surface area contributed by atoms with Gasteiger partial charge in [0.1, 0.15) is 0 Å². The lowest BCUT2D eigenvalue weighted by Gasteiger charge is -2.21. The van der Waals surface area contributed by atoms with Crippen molar-refractivity contribution >= 4 is 26.6 Å². The van der Waals surface area contributed by atoms with Gasteiger partial charge in [-0.1, -0.05) is 12.1 Å². The molecule has 0 atom stereocenters. The third-order valence-corrected chi connectivity index (χ3v) is 6.87. The van der Waals surface area contributed by atoms with E-state index in [2.05, 4.69) is 4.98 Å². The molecule has 0 radical (unpaired) electrons. The number of aliphatic hydroxyl groups excluding tert-OH is 1. The molecule has 10 heteroatoms. The van der Waals surface area contributed by atoms with Crippen LogP contribution < -0.4 is 5.56 Å². The second kappa shape index (κ2) is 8.34. The van der Waals surface area contributed by atoms with Crippen LogP contribution >= 0.6 is 0 Å². The number of hydrogen-bond acceptors (Lipinski definition) is 6. The molecule has 9 nitrogen and oxygen atoms in total. The number of hydrogen-bond donors (Lipinski definition) is 2. The molecule has 30 heavy (non-hydrogen) atoms. The van der Waals surface area contributed by atoms with Gasteiger partial charge in [0, 0.05) is 30.8 Å². The Hall–Kier alpha value is -3.08. The predicted molar refractivity (Wildman–Crippen MR) is 112 cm³/mol. The van der Waals surface area contributed by atoms with E-state index >= 15 is 0 Å². The van der Waals surface area contributed by atoms with Gasteiger partial charge in [-0.2, -0.15) is 4.31 Å². The molecule has 0 saturated carbocycles. The summed E-state index contributed by atoms with van der Waals surface area (Å²) in [5.41, 5.74) is 2.22. The number of nitro benzene ring substituents is 1. The van der Waals surface area contributed by atoms with Gasteiger partial charge in [0.25, 0.3) is 11.2 Å². The minimum Gasteiger partial charge on any atom is -0.395 e. The second-order valence-corrected chi connectivity index (χ2v) is 8.85. The fraction of sp³-hybridized carbons (Fsp3) is 0.250. The maximum atomic E-state index is 13.0. The number of benzene rings is 2. The average molecular weight is 431 g/mol. The predicted octanol–water partition coefficient (Wildman–Crippen LogP) is 2.24. The Kier molecular flexibility index (Phi) is 6.01. The number of aromatic nitrogens is 1. The lowest BCUT2D eigenvalue weighted by atomic mass is 10.0. The molecule has 0 aliphatic heterocycles. The highest BCUT2D eigenvalue weighted by atomic mass is 32.2. The first-order valence-electron chi connectivity index (χ1n) is 9.12. The SMILES string of the molecule is Cc1ccc2cc(CN(CCO)S(=O)(=O)c3ccc([N+](=O)[O-])cc3)c(=O)[nH]c2c1C. The van der Waals surface area contributed by atoms with Gasteiger partial charge in [-0.15, -0.1) is 0 Å². The van der Waals surface area contributed by atoms with Gasteiger partial charge >= 0.3 is 0 Å². The largest absolute Gasteiger partial charge is 0.395 e. The minimum absolute atomic E-state index is 0.162. The minimum atomic E-state index is -4.09. The molecule has 0 bridgehead atoms. The van der Waals surface area contributed by atoms with Crippen molar-refractivity contribution < 1.29 is 18.4 Å². The van der Waals surface area contributed by atoms with Crippen LogP contribution in [0, 0.1) is 24.0 Å². The number of sulfonamides is 1. The van der Waals surface area contributed by atoms with Gasteiger partial charge in [0.2, 0.25) is 10.0 Å². The second-order valence-electron chi connectivity index (χ2n) is 6.91. The summed E-state index contributed by atoms with van der Waals surface area (Å²) in [6, 6.07) is 9.85. The fourth-order valence-corrected chi connectivity index (χ4v) is 4.57. The van der Waals surface area contributed by atoms with Gasteiger partial charge in [-0.3, -0.25) is 14.9 Å². The van der Waals surface area contributed by atoms with Crippen LogP contribution in [0.25, 0.3) is 10.9 Å². The van der Waals surface area contributed by atoms with E-state index in [1.54, 1.807) is 6.07 Å². The van der Waals surface area contributed by atoms with Crippen molar-refractivity contribution in [2.75, 3.05) is 13.2 Å². The lowest BCUT2D eigenvalue weighted by Crippen LogP contribution is -2.35. The Balaban J connectivity index is 2.01. The summed E-state index contributed by atoms with van der Waals surface area (Å²) in [6.45, 7) is 2.89. The lowest BCUT2D eigenvalue weighted by molar-refractivity contribution is -0.384. The molecule has 3 rings (SSSR count). The van der Waals surface area contributed by atoms with Crippen LogP contribution in [0.2, 0.25) is 0 Å². The van der Waals surface area contributed by atoms with Crippen LogP contribution in [-0.4, -0.2) is 40.9 Å². The van der Waals surface area contributed by atoms with Crippen molar-refractivity contribution in [1.29, 1.82) is 0 Å². The van der Waals surface area contributed by atoms with Crippen LogP contribution in [0.15, 0.2) is 52.2 Å². The molecule has 3 aromatic rings. The molecule has 1 aromatic heterocycles. The maximum Gasteiger partial charge on any atom is 0.269 e. The average Bonchev–Trinajstić information content (AvgIpc) is 2.71. The third kappa shape index (κ3) is 4.11. The molecule has 0 aliphatic rings. The normalized spacial score (nSPS) is 11.9. The first-order chi connectivity index (χ1) is 14.1. The number of nitro groups is 1. The third-order valence-electron chi connectivity index (χ3n) is 5.01. The number of non-ortho nitro benzene ring substituents is 1. The summed E-state index contributed by atoms with van der Waals surface area (Å²) in [7, 11) is -4.09. The molecule has 0 spiro atoms. The standard InChI is InChI=1S/C20H21N3O6S/c1-13-3-4-15-11-16(20(25)21-19(15)14(13)2)12-22(9-10-24)30(28,29)18-7-5-17(6-8-18)23(26)27/h3-8,11,24H,9-10,12H2,1-2H3,(H,21,25). The van der Waals surface area contributed by atoms with Gasteiger partial charge in [-0.25, -0.2) is 8.42 Å². The van der Waals surface area contributed by atoms with Gasteiger partial charge < -0.3 is 10.1 Å². The molecular formula is C20H21N3O6S. The Labute approximate surface area is 172 Å². The monoisotopic (exact) mass is 431 g/mol. The highest BCUT2D eigenvalue weighted by Crippen LogP contribution is 2.23. The smallest absolute Gasteiger partial charge is 0.269 e. The van der Waals surface area contributed by atoms with Crippen LogP contribution in [0.5, 0.6) is 0 Å². The van der Waals surface area contributed by atoms with Gasteiger partial charge in [0.15, 0.2) is 0 Å². The number of H-pyrrole nitrogens is 1. The number of rotatable bonds is 7. The van der Waals surface area contributed by atoms with E-state index in [-0.39, 0.29) is 29.2 Å². The topological polar surface area (TPSA) is 134 Å². The number of aryl methyl sites for hydroxylation is 2. The summed E-state index contributed by atoms with van der Waals surface area (Å²) in [6.07, 6.45) is 0. The highest BCUT2D eigenvalue weighted by Gasteiger charge is 2.26. The zero-order chi connectivity index (χ0) is 22.1. The van der Waals surface area contributed by atoms with E-state index < -0.39 is 27.1 Å². The summed E-state index contributed by atoms with van der Waals surface area (Å²) >= 11 is 0. The Morgan fingerprint density at radius 2 is 1.80 bits per heavy atom. The first kappa shape index (κ1) is 21.6. The van der Waals surface area contributed by atoms with Crippen molar-refractivity contribution in [1.82, 2.24) is 9.29 Å². The molecule has 2 aromatic carbocycles.